The van der Waals surface area contributed by atoms with Crippen molar-refractivity contribution in [2.75, 3.05) is 12.0 Å². The van der Waals surface area contributed by atoms with Gasteiger partial charge in [-0.2, -0.15) is 0 Å². The molecule has 1 aromatic rings. The number of nitrogens with one attached hydrogen (secondary N) is 1. The van der Waals surface area contributed by atoms with Gasteiger partial charge in [0.05, 0.1) is 0 Å². The highest BCUT2D eigenvalue weighted by Gasteiger charge is 2.12. The Balaban J connectivity index is 2.59. The molecule has 1 aromatic carbocycles. The van der Waals surface area contributed by atoms with E-state index >= 15 is 0 Å². The van der Waals surface area contributed by atoms with Gasteiger partial charge in [0.1, 0.15) is 0 Å². The normalized spacial score (nSPS) is 16.3. The largest absolute Gasteiger partial charge is 0.308 e. The van der Waals surface area contributed by atoms with Crippen LogP contribution in [0.2, 0.25) is 10.0 Å². The van der Waals surface area contributed by atoms with Gasteiger partial charge in [-0.25, -0.2) is 0 Å². The van der Waals surface area contributed by atoms with Crippen molar-refractivity contribution in [2.45, 2.75) is 32.4 Å². The number of hydrogen-bond donors (Lipinski definition) is 1. The highest BCUT2D eigenvalue weighted by molar-refractivity contribution is 7.84. The van der Waals surface area contributed by atoms with E-state index in [1.54, 1.807) is 12.3 Å². The van der Waals surface area contributed by atoms with Gasteiger partial charge in [0.25, 0.3) is 0 Å². The SMILES string of the molecule is CC(CCS(C)=O)NC(C)c1ccc(Cl)cc1Cl. The number of rotatable bonds is 6. The third-order valence-corrected chi connectivity index (χ3v) is 4.17. The van der Waals surface area contributed by atoms with Gasteiger partial charge in [-0.1, -0.05) is 29.3 Å². The van der Waals surface area contributed by atoms with E-state index in [-0.39, 0.29) is 6.04 Å². The molecule has 0 radical (unpaired) electrons. The first-order valence-electron chi connectivity index (χ1n) is 5.91. The number of hydrogen-bond acceptors (Lipinski definition) is 2. The Morgan fingerprint density at radius 1 is 1.33 bits per heavy atom. The third-order valence-electron chi connectivity index (χ3n) is 2.80. The van der Waals surface area contributed by atoms with E-state index in [0.717, 1.165) is 17.7 Å². The monoisotopic (exact) mass is 307 g/mol. The minimum Gasteiger partial charge on any atom is -0.308 e. The lowest BCUT2D eigenvalue weighted by molar-refractivity contribution is 0.470. The van der Waals surface area contributed by atoms with E-state index < -0.39 is 10.8 Å². The van der Waals surface area contributed by atoms with Crippen LogP contribution in [0.5, 0.6) is 0 Å². The molecule has 0 aliphatic carbocycles. The molecular formula is C13H19Cl2NOS. The molecule has 0 aromatic heterocycles. The van der Waals surface area contributed by atoms with E-state index in [1.807, 2.05) is 12.1 Å². The van der Waals surface area contributed by atoms with Crippen molar-refractivity contribution in [3.8, 4) is 0 Å². The average Bonchev–Trinajstić information content (AvgIpc) is 2.26. The Hall–Kier alpha value is -0.0900. The summed E-state index contributed by atoms with van der Waals surface area (Å²) < 4.78 is 11.0. The maximum absolute atomic E-state index is 11.0. The molecule has 0 saturated heterocycles. The van der Waals surface area contributed by atoms with E-state index in [9.17, 15) is 4.21 Å². The summed E-state index contributed by atoms with van der Waals surface area (Å²) in [5, 5.41) is 4.77. The van der Waals surface area contributed by atoms with Crippen LogP contribution in [0.25, 0.3) is 0 Å². The van der Waals surface area contributed by atoms with Gasteiger partial charge < -0.3 is 5.32 Å². The van der Waals surface area contributed by atoms with Crippen LogP contribution < -0.4 is 5.32 Å². The molecule has 18 heavy (non-hydrogen) atoms. The second-order valence-electron chi connectivity index (χ2n) is 4.52. The second-order valence-corrected chi connectivity index (χ2v) is 6.92. The van der Waals surface area contributed by atoms with Crippen LogP contribution in [0, 0.1) is 0 Å². The van der Waals surface area contributed by atoms with Crippen LogP contribution in [0.1, 0.15) is 31.9 Å². The molecule has 5 heteroatoms. The zero-order valence-electron chi connectivity index (χ0n) is 10.9. The van der Waals surface area contributed by atoms with Crippen LogP contribution >= 0.6 is 23.2 Å². The van der Waals surface area contributed by atoms with Crippen LogP contribution in [-0.2, 0) is 10.8 Å². The zero-order valence-corrected chi connectivity index (χ0v) is 13.2. The summed E-state index contributed by atoms with van der Waals surface area (Å²) in [6.45, 7) is 4.15. The molecule has 1 N–H and O–H groups in total. The molecule has 1 rings (SSSR count). The molecular weight excluding hydrogens is 289 g/mol. The molecule has 0 aliphatic rings. The fraction of sp³-hybridized carbons (Fsp3) is 0.538. The molecule has 0 amide bonds. The van der Waals surface area contributed by atoms with Gasteiger partial charge in [0.15, 0.2) is 0 Å². The van der Waals surface area contributed by atoms with Gasteiger partial charge in [-0.3, -0.25) is 4.21 Å². The van der Waals surface area contributed by atoms with Crippen LogP contribution in [0.4, 0.5) is 0 Å². The molecule has 0 aliphatic heterocycles. The first-order valence-corrected chi connectivity index (χ1v) is 8.39. The molecule has 0 heterocycles. The van der Waals surface area contributed by atoms with E-state index in [0.29, 0.717) is 16.1 Å². The second kappa shape index (κ2) is 7.49. The van der Waals surface area contributed by atoms with Crippen molar-refractivity contribution in [2.24, 2.45) is 0 Å². The maximum atomic E-state index is 11.0. The summed E-state index contributed by atoms with van der Waals surface area (Å²) in [4.78, 5) is 0. The van der Waals surface area contributed by atoms with Crippen molar-refractivity contribution < 1.29 is 4.21 Å². The lowest BCUT2D eigenvalue weighted by Gasteiger charge is -2.21. The molecule has 2 nitrogen and oxygen atoms in total. The molecule has 3 atom stereocenters. The lowest BCUT2D eigenvalue weighted by Crippen LogP contribution is -2.30. The van der Waals surface area contributed by atoms with Crippen molar-refractivity contribution in [3.63, 3.8) is 0 Å². The smallest absolute Gasteiger partial charge is 0.0468 e. The molecule has 102 valence electrons. The highest BCUT2D eigenvalue weighted by atomic mass is 35.5. The van der Waals surface area contributed by atoms with Crippen LogP contribution in [-0.4, -0.2) is 22.3 Å². The van der Waals surface area contributed by atoms with Crippen molar-refractivity contribution in [1.29, 1.82) is 0 Å². The van der Waals surface area contributed by atoms with Gasteiger partial charge in [-0.15, -0.1) is 0 Å². The van der Waals surface area contributed by atoms with Gasteiger partial charge in [0, 0.05) is 44.9 Å². The Bertz CT molecular complexity index is 425. The Kier molecular flexibility index (Phi) is 6.64. The fourth-order valence-corrected chi connectivity index (χ4v) is 3.05. The average molecular weight is 308 g/mol. The predicted octanol–water partition coefficient (Wildman–Crippen LogP) is 3.80. The molecule has 3 unspecified atom stereocenters. The minimum atomic E-state index is -0.736. The minimum absolute atomic E-state index is 0.148. The first kappa shape index (κ1) is 16.0. The Morgan fingerprint density at radius 3 is 2.56 bits per heavy atom. The summed E-state index contributed by atoms with van der Waals surface area (Å²) in [5.74, 6) is 0.717. The van der Waals surface area contributed by atoms with E-state index in [4.69, 9.17) is 23.2 Å². The van der Waals surface area contributed by atoms with E-state index in [2.05, 4.69) is 19.2 Å². The summed E-state index contributed by atoms with van der Waals surface area (Å²) in [5.41, 5.74) is 1.03. The fourth-order valence-electron chi connectivity index (χ4n) is 1.80. The zero-order chi connectivity index (χ0) is 13.7. The third kappa shape index (κ3) is 5.27. The van der Waals surface area contributed by atoms with Gasteiger partial charge in [0.2, 0.25) is 0 Å². The summed E-state index contributed by atoms with van der Waals surface area (Å²) in [6.07, 6.45) is 2.62. The standard InChI is InChI=1S/C13H19Cl2NOS/c1-9(6-7-18(3)17)16-10(2)12-5-4-11(14)8-13(12)15/h4-5,8-10,16H,6-7H2,1-3H3. The highest BCUT2D eigenvalue weighted by Crippen LogP contribution is 2.26. The van der Waals surface area contributed by atoms with Crippen molar-refractivity contribution in [3.05, 3.63) is 33.8 Å². The number of benzene rings is 1. The summed E-state index contributed by atoms with van der Waals surface area (Å²) in [6, 6.07) is 5.98. The molecule has 0 saturated carbocycles. The maximum Gasteiger partial charge on any atom is 0.0468 e. The Labute approximate surface area is 122 Å². The molecule has 0 bridgehead atoms. The van der Waals surface area contributed by atoms with E-state index in [1.165, 1.54) is 0 Å². The lowest BCUT2D eigenvalue weighted by atomic mass is 10.1. The van der Waals surface area contributed by atoms with Crippen molar-refractivity contribution >= 4 is 34.0 Å². The van der Waals surface area contributed by atoms with Gasteiger partial charge >= 0.3 is 0 Å². The predicted molar refractivity (Wildman–Crippen MR) is 81.0 cm³/mol. The number of halogens is 2. The summed E-state index contributed by atoms with van der Waals surface area (Å²) in [7, 11) is -0.736. The van der Waals surface area contributed by atoms with Crippen LogP contribution in [0.3, 0.4) is 0 Å². The van der Waals surface area contributed by atoms with Crippen molar-refractivity contribution in [1.82, 2.24) is 5.32 Å². The molecule has 0 spiro atoms. The van der Waals surface area contributed by atoms with Gasteiger partial charge in [-0.05, 0) is 38.0 Å². The first-order chi connectivity index (χ1) is 8.40. The Morgan fingerprint density at radius 2 is 2.00 bits per heavy atom. The molecule has 0 fully saturated rings. The quantitative estimate of drug-likeness (QED) is 0.866. The van der Waals surface area contributed by atoms with Crippen LogP contribution in [0.15, 0.2) is 18.2 Å². The topological polar surface area (TPSA) is 29.1 Å². The summed E-state index contributed by atoms with van der Waals surface area (Å²) >= 11 is 12.0.